The molecule has 0 saturated heterocycles. The van der Waals surface area contributed by atoms with Crippen LogP contribution in [0.15, 0.2) is 40.9 Å². The highest BCUT2D eigenvalue weighted by atomic mass is 79.9. The molecule has 104 valence electrons. The van der Waals surface area contributed by atoms with Crippen LogP contribution in [0.5, 0.6) is 5.75 Å². The Bertz CT molecular complexity index is 709. The maximum atomic E-state index is 9.19. The highest BCUT2D eigenvalue weighted by Crippen LogP contribution is 2.25. The molecule has 2 rings (SSSR count). The number of benzene rings is 2. The quantitative estimate of drug-likeness (QED) is 0.845. The summed E-state index contributed by atoms with van der Waals surface area (Å²) in [6.07, 6.45) is 1.33. The molecule has 0 spiro atoms. The van der Waals surface area contributed by atoms with Crippen molar-refractivity contribution in [3.8, 4) is 17.9 Å². The number of halogens is 1. The summed E-state index contributed by atoms with van der Waals surface area (Å²) >= 11 is 3.45. The maximum absolute atomic E-state index is 9.19. The molecule has 4 heteroatoms. The van der Waals surface area contributed by atoms with Crippen molar-refractivity contribution >= 4 is 15.9 Å². The van der Waals surface area contributed by atoms with E-state index in [1.165, 1.54) is 0 Å². The molecule has 0 N–H and O–H groups in total. The van der Waals surface area contributed by atoms with Crippen LogP contribution in [0.2, 0.25) is 0 Å². The predicted molar refractivity (Wildman–Crippen MR) is 84.0 cm³/mol. The van der Waals surface area contributed by atoms with Crippen LogP contribution in [0, 0.1) is 22.7 Å². The summed E-state index contributed by atoms with van der Waals surface area (Å²) in [7, 11) is 1.64. The lowest BCUT2D eigenvalue weighted by molar-refractivity contribution is 0.409. The molecule has 0 unspecified atom stereocenters. The molecule has 21 heavy (non-hydrogen) atoms. The van der Waals surface area contributed by atoms with E-state index in [9.17, 15) is 10.5 Å². The van der Waals surface area contributed by atoms with Gasteiger partial charge in [0.15, 0.2) is 0 Å². The van der Waals surface area contributed by atoms with E-state index in [2.05, 4.69) is 28.1 Å². The number of ether oxygens (including phenoxy) is 1. The van der Waals surface area contributed by atoms with Gasteiger partial charge < -0.3 is 4.74 Å². The first-order valence-corrected chi connectivity index (χ1v) is 7.23. The molecule has 0 atom stereocenters. The fourth-order valence-electron chi connectivity index (χ4n) is 2.27. The summed E-state index contributed by atoms with van der Waals surface area (Å²) < 4.78 is 6.33. The van der Waals surface area contributed by atoms with Crippen molar-refractivity contribution in [2.24, 2.45) is 0 Å². The number of rotatable bonds is 4. The van der Waals surface area contributed by atoms with E-state index in [-0.39, 0.29) is 0 Å². The Kier molecular flexibility index (Phi) is 4.98. The van der Waals surface area contributed by atoms with Crippen molar-refractivity contribution in [1.82, 2.24) is 0 Å². The van der Waals surface area contributed by atoms with E-state index in [1.807, 2.05) is 18.2 Å². The zero-order chi connectivity index (χ0) is 15.2. The zero-order valence-electron chi connectivity index (χ0n) is 11.6. The predicted octanol–water partition coefficient (Wildman–Crippen LogP) is 3.99. The van der Waals surface area contributed by atoms with Crippen molar-refractivity contribution in [2.45, 2.75) is 12.8 Å². The van der Waals surface area contributed by atoms with Crippen LogP contribution in [-0.4, -0.2) is 7.11 Å². The largest absolute Gasteiger partial charge is 0.496 e. The van der Waals surface area contributed by atoms with Crippen LogP contribution in [0.4, 0.5) is 0 Å². The average Bonchev–Trinajstić information content (AvgIpc) is 2.52. The van der Waals surface area contributed by atoms with Gasteiger partial charge in [-0.1, -0.05) is 22.0 Å². The minimum Gasteiger partial charge on any atom is -0.496 e. The van der Waals surface area contributed by atoms with Crippen molar-refractivity contribution < 1.29 is 4.74 Å². The van der Waals surface area contributed by atoms with E-state index >= 15 is 0 Å². The van der Waals surface area contributed by atoms with E-state index in [1.54, 1.807) is 25.3 Å². The first kappa shape index (κ1) is 15.1. The normalized spacial score (nSPS) is 9.71. The summed E-state index contributed by atoms with van der Waals surface area (Å²) in [6, 6.07) is 15.4. The Labute approximate surface area is 132 Å². The SMILES string of the molecule is COc1ccc(Br)cc1CCc1c(C#N)cccc1C#N. The number of nitrogens with zero attached hydrogens (tertiary/aromatic N) is 2. The van der Waals surface area contributed by atoms with Crippen LogP contribution < -0.4 is 4.74 Å². The molecule has 0 amide bonds. The Hall–Kier alpha value is -2.30. The van der Waals surface area contributed by atoms with Gasteiger partial charge in [-0.2, -0.15) is 10.5 Å². The first-order valence-electron chi connectivity index (χ1n) is 6.44. The second kappa shape index (κ2) is 6.92. The van der Waals surface area contributed by atoms with Crippen LogP contribution in [0.25, 0.3) is 0 Å². The lowest BCUT2D eigenvalue weighted by Crippen LogP contribution is -2.00. The van der Waals surface area contributed by atoms with Crippen molar-refractivity contribution in [3.05, 3.63) is 63.1 Å². The van der Waals surface area contributed by atoms with Gasteiger partial charge in [-0.05, 0) is 54.3 Å². The second-order valence-corrected chi connectivity index (χ2v) is 5.43. The van der Waals surface area contributed by atoms with Gasteiger partial charge >= 0.3 is 0 Å². The minimum absolute atomic E-state index is 0.558. The molecule has 2 aromatic rings. The van der Waals surface area contributed by atoms with Gasteiger partial charge in [0.2, 0.25) is 0 Å². The third-order valence-corrected chi connectivity index (χ3v) is 3.80. The number of aryl methyl sites for hydroxylation is 1. The Balaban J connectivity index is 2.31. The highest BCUT2D eigenvalue weighted by molar-refractivity contribution is 9.10. The summed E-state index contributed by atoms with van der Waals surface area (Å²) in [4.78, 5) is 0. The molecule has 2 aromatic carbocycles. The van der Waals surface area contributed by atoms with E-state index in [4.69, 9.17) is 4.74 Å². The van der Waals surface area contributed by atoms with E-state index in [0.29, 0.717) is 24.0 Å². The van der Waals surface area contributed by atoms with Crippen molar-refractivity contribution in [3.63, 3.8) is 0 Å². The van der Waals surface area contributed by atoms with Gasteiger partial charge in [-0.25, -0.2) is 0 Å². The van der Waals surface area contributed by atoms with Crippen LogP contribution >= 0.6 is 15.9 Å². The summed E-state index contributed by atoms with van der Waals surface area (Å²) in [6.45, 7) is 0. The van der Waals surface area contributed by atoms with Gasteiger partial charge in [0, 0.05) is 4.47 Å². The van der Waals surface area contributed by atoms with Crippen LogP contribution in [0.1, 0.15) is 22.3 Å². The van der Waals surface area contributed by atoms with Gasteiger partial charge in [0.25, 0.3) is 0 Å². The van der Waals surface area contributed by atoms with Gasteiger partial charge in [0.1, 0.15) is 5.75 Å². The van der Waals surface area contributed by atoms with Gasteiger partial charge in [-0.15, -0.1) is 0 Å². The second-order valence-electron chi connectivity index (χ2n) is 4.51. The molecule has 0 fully saturated rings. The molecule has 0 radical (unpaired) electrons. The Morgan fingerprint density at radius 3 is 2.29 bits per heavy atom. The standard InChI is InChI=1S/C17H13BrN2O/c1-21-17-8-6-15(18)9-12(17)5-7-16-13(10-19)3-2-4-14(16)11-20/h2-4,6,8-9H,5,7H2,1H3. The third-order valence-electron chi connectivity index (χ3n) is 3.30. The van der Waals surface area contributed by atoms with Crippen molar-refractivity contribution in [1.29, 1.82) is 10.5 Å². The minimum atomic E-state index is 0.558. The molecule has 3 nitrogen and oxygen atoms in total. The summed E-state index contributed by atoms with van der Waals surface area (Å²) in [5.41, 5.74) is 2.96. The number of nitriles is 2. The summed E-state index contributed by atoms with van der Waals surface area (Å²) in [5.74, 6) is 0.811. The molecule has 0 aromatic heterocycles. The molecular weight excluding hydrogens is 328 g/mol. The molecule has 0 saturated carbocycles. The van der Waals surface area contributed by atoms with E-state index < -0.39 is 0 Å². The van der Waals surface area contributed by atoms with Gasteiger partial charge in [-0.3, -0.25) is 0 Å². The fourth-order valence-corrected chi connectivity index (χ4v) is 2.68. The lowest BCUT2D eigenvalue weighted by Gasteiger charge is -2.10. The Morgan fingerprint density at radius 2 is 1.71 bits per heavy atom. The maximum Gasteiger partial charge on any atom is 0.122 e. The van der Waals surface area contributed by atoms with Crippen LogP contribution in [-0.2, 0) is 12.8 Å². The molecule has 0 aliphatic heterocycles. The highest BCUT2D eigenvalue weighted by Gasteiger charge is 2.10. The molecule has 0 bridgehead atoms. The summed E-state index contributed by atoms with van der Waals surface area (Å²) in [5, 5.41) is 18.4. The van der Waals surface area contributed by atoms with Crippen molar-refractivity contribution in [2.75, 3.05) is 7.11 Å². The topological polar surface area (TPSA) is 56.8 Å². The molecule has 0 aliphatic rings. The Morgan fingerprint density at radius 1 is 1.05 bits per heavy atom. The lowest BCUT2D eigenvalue weighted by atomic mass is 9.96. The van der Waals surface area contributed by atoms with Gasteiger partial charge in [0.05, 0.1) is 30.4 Å². The number of hydrogen-bond donors (Lipinski definition) is 0. The molecular formula is C17H13BrN2O. The monoisotopic (exact) mass is 340 g/mol. The molecule has 0 aliphatic carbocycles. The number of hydrogen-bond acceptors (Lipinski definition) is 3. The zero-order valence-corrected chi connectivity index (χ0v) is 13.1. The first-order chi connectivity index (χ1) is 10.2. The smallest absolute Gasteiger partial charge is 0.122 e. The van der Waals surface area contributed by atoms with Crippen LogP contribution in [0.3, 0.4) is 0 Å². The fraction of sp³-hybridized carbons (Fsp3) is 0.176. The number of methoxy groups -OCH3 is 1. The average molecular weight is 341 g/mol. The third kappa shape index (κ3) is 3.42. The molecule has 0 heterocycles. The van der Waals surface area contributed by atoms with E-state index in [0.717, 1.165) is 21.3 Å².